The summed E-state index contributed by atoms with van der Waals surface area (Å²) < 4.78 is 1.96. The van der Waals surface area contributed by atoms with Crippen LogP contribution in [0.15, 0.2) is 54.6 Å². The van der Waals surface area contributed by atoms with Gasteiger partial charge in [0.2, 0.25) is 11.3 Å². The molecule has 0 aliphatic rings. The fourth-order valence-electron chi connectivity index (χ4n) is 4.62. The van der Waals surface area contributed by atoms with Crippen LogP contribution in [-0.4, -0.2) is 15.1 Å². The number of hydrogen-bond donors (Lipinski definition) is 0. The molecule has 2 aromatic heterocycles. The van der Waals surface area contributed by atoms with E-state index in [0.717, 1.165) is 27.8 Å². The van der Waals surface area contributed by atoms with E-state index >= 15 is 0 Å². The van der Waals surface area contributed by atoms with Crippen molar-refractivity contribution in [2.24, 2.45) is 7.05 Å². The summed E-state index contributed by atoms with van der Waals surface area (Å²) in [6.45, 7) is 11.2. The maximum absolute atomic E-state index is 4.93. The molecule has 0 radical (unpaired) electrons. The topological polar surface area (TPSA) is 42.6 Å². The summed E-state index contributed by atoms with van der Waals surface area (Å²) in [4.78, 5) is 9.70. The molecule has 0 saturated heterocycles. The maximum atomic E-state index is 4.93. The fourth-order valence-corrected chi connectivity index (χ4v) is 4.62. The van der Waals surface area contributed by atoms with Gasteiger partial charge >= 0.3 is 0 Å². The third-order valence-corrected chi connectivity index (χ3v) is 6.21. The summed E-state index contributed by atoms with van der Waals surface area (Å²) >= 11 is 0. The number of aromatic nitrogens is 4. The summed E-state index contributed by atoms with van der Waals surface area (Å²) in [5.74, 6) is 0. The molecule has 5 aromatic rings. The predicted octanol–water partition coefficient (Wildman–Crippen LogP) is 5.74. The van der Waals surface area contributed by atoms with Gasteiger partial charge in [0, 0.05) is 5.10 Å². The minimum Gasteiger partial charge on any atom is -0.242 e. The molecular formula is C27H27N4+. The third-order valence-electron chi connectivity index (χ3n) is 6.21. The van der Waals surface area contributed by atoms with Gasteiger partial charge in [0.1, 0.15) is 5.52 Å². The first-order valence-electron chi connectivity index (χ1n) is 10.7. The van der Waals surface area contributed by atoms with Crippen LogP contribution in [0.4, 0.5) is 0 Å². The minimum atomic E-state index is 0.0226. The van der Waals surface area contributed by atoms with Gasteiger partial charge < -0.3 is 0 Å². The predicted molar refractivity (Wildman–Crippen MR) is 127 cm³/mol. The van der Waals surface area contributed by atoms with Crippen LogP contribution >= 0.6 is 0 Å². The van der Waals surface area contributed by atoms with Crippen LogP contribution in [0.2, 0.25) is 0 Å². The first kappa shape index (κ1) is 19.6. The molecule has 0 spiro atoms. The van der Waals surface area contributed by atoms with Crippen molar-refractivity contribution >= 4 is 33.0 Å². The lowest BCUT2D eigenvalue weighted by Gasteiger charge is -2.24. The molecule has 0 N–H and O–H groups in total. The third kappa shape index (κ3) is 3.05. The van der Waals surface area contributed by atoms with Crippen molar-refractivity contribution in [3.63, 3.8) is 0 Å². The molecule has 5 rings (SSSR count). The summed E-state index contributed by atoms with van der Waals surface area (Å²) in [5.41, 5.74) is 9.31. The number of rotatable bonds is 1. The van der Waals surface area contributed by atoms with Gasteiger partial charge in [-0.25, -0.2) is 9.97 Å². The van der Waals surface area contributed by atoms with E-state index in [0.29, 0.717) is 5.65 Å². The number of para-hydroxylation sites is 2. The summed E-state index contributed by atoms with van der Waals surface area (Å²) in [6, 6.07) is 19.0. The highest BCUT2D eigenvalue weighted by molar-refractivity contribution is 5.96. The van der Waals surface area contributed by atoms with Gasteiger partial charge in [-0.2, -0.15) is 0 Å². The molecule has 0 amide bonds. The lowest BCUT2D eigenvalue weighted by atomic mass is 9.80. The highest BCUT2D eigenvalue weighted by atomic mass is 15.3. The zero-order chi connectivity index (χ0) is 21.9. The first-order chi connectivity index (χ1) is 14.8. The smallest absolute Gasteiger partial charge is 0.242 e. The lowest BCUT2D eigenvalue weighted by Crippen LogP contribution is -2.37. The van der Waals surface area contributed by atoms with E-state index < -0.39 is 0 Å². The van der Waals surface area contributed by atoms with Crippen LogP contribution in [-0.2, 0) is 12.5 Å². The van der Waals surface area contributed by atoms with Gasteiger partial charge in [0.15, 0.2) is 7.05 Å². The van der Waals surface area contributed by atoms with E-state index in [4.69, 9.17) is 15.1 Å². The van der Waals surface area contributed by atoms with Gasteiger partial charge in [-0.1, -0.05) is 61.9 Å². The zero-order valence-corrected chi connectivity index (χ0v) is 19.0. The molecule has 0 saturated carbocycles. The molecule has 0 atom stereocenters. The Labute approximate surface area is 182 Å². The van der Waals surface area contributed by atoms with Crippen LogP contribution in [0, 0.1) is 13.8 Å². The van der Waals surface area contributed by atoms with Crippen molar-refractivity contribution in [3.8, 4) is 11.3 Å². The maximum Gasteiger partial charge on any atom is 0.246 e. The number of benzene rings is 3. The molecular weight excluding hydrogens is 380 g/mol. The quantitative estimate of drug-likeness (QED) is 0.263. The standard InChI is InChI=1S/C27H27N4/c1-16-18-11-7-8-12-19(18)21(27(3,4)5)15-20(16)25-17(2)24-26(30-31(25)6)29-23-14-10-9-13-22(23)28-24/h7-15H,1-6H3/q+1. The van der Waals surface area contributed by atoms with Gasteiger partial charge in [0.25, 0.3) is 0 Å². The number of fused-ring (bicyclic) bond motifs is 3. The molecule has 0 unspecified atom stereocenters. The second-order valence-electron chi connectivity index (χ2n) is 9.37. The van der Waals surface area contributed by atoms with Gasteiger partial charge in [-0.3, -0.25) is 0 Å². The fraction of sp³-hybridized carbons (Fsp3) is 0.259. The van der Waals surface area contributed by atoms with Crippen molar-refractivity contribution < 1.29 is 4.68 Å². The number of nitrogens with zero attached hydrogens (tertiary/aromatic N) is 4. The van der Waals surface area contributed by atoms with Crippen molar-refractivity contribution in [2.75, 3.05) is 0 Å². The Morgan fingerprint density at radius 2 is 1.39 bits per heavy atom. The van der Waals surface area contributed by atoms with E-state index in [1.807, 2.05) is 36.0 Å². The number of hydrogen-bond acceptors (Lipinski definition) is 3. The average Bonchev–Trinajstić information content (AvgIpc) is 2.73. The molecule has 3 aromatic carbocycles. The molecule has 4 heteroatoms. The van der Waals surface area contributed by atoms with Crippen molar-refractivity contribution in [1.82, 2.24) is 15.1 Å². The molecule has 0 aliphatic carbocycles. The summed E-state index contributed by atoms with van der Waals surface area (Å²) in [7, 11) is 2.00. The lowest BCUT2D eigenvalue weighted by molar-refractivity contribution is -0.718. The van der Waals surface area contributed by atoms with Crippen LogP contribution in [0.25, 0.3) is 44.2 Å². The Morgan fingerprint density at radius 3 is 2.06 bits per heavy atom. The van der Waals surface area contributed by atoms with E-state index in [9.17, 15) is 0 Å². The van der Waals surface area contributed by atoms with Crippen LogP contribution < -0.4 is 4.68 Å². The molecule has 31 heavy (non-hydrogen) atoms. The Balaban J connectivity index is 1.89. The second-order valence-corrected chi connectivity index (χ2v) is 9.37. The largest absolute Gasteiger partial charge is 0.246 e. The molecule has 154 valence electrons. The van der Waals surface area contributed by atoms with E-state index in [2.05, 4.69) is 65.0 Å². The first-order valence-corrected chi connectivity index (χ1v) is 10.7. The van der Waals surface area contributed by atoms with Crippen molar-refractivity contribution in [1.29, 1.82) is 0 Å². The van der Waals surface area contributed by atoms with Gasteiger partial charge in [-0.05, 0) is 59.4 Å². The summed E-state index contributed by atoms with van der Waals surface area (Å²) in [5, 5.41) is 7.42. The Kier molecular flexibility index (Phi) is 4.30. The van der Waals surface area contributed by atoms with Crippen LogP contribution in [0.5, 0.6) is 0 Å². The zero-order valence-electron chi connectivity index (χ0n) is 19.0. The van der Waals surface area contributed by atoms with E-state index in [1.165, 1.54) is 27.5 Å². The highest BCUT2D eigenvalue weighted by Crippen LogP contribution is 2.38. The Morgan fingerprint density at radius 1 is 0.774 bits per heavy atom. The van der Waals surface area contributed by atoms with Gasteiger partial charge in [0.05, 0.1) is 22.2 Å². The summed E-state index contributed by atoms with van der Waals surface area (Å²) in [6.07, 6.45) is 0. The van der Waals surface area contributed by atoms with Crippen molar-refractivity contribution in [3.05, 3.63) is 71.3 Å². The van der Waals surface area contributed by atoms with Crippen LogP contribution in [0.3, 0.4) is 0 Å². The molecule has 0 bridgehead atoms. The van der Waals surface area contributed by atoms with E-state index in [-0.39, 0.29) is 5.41 Å². The van der Waals surface area contributed by atoms with Gasteiger partial charge in [-0.15, -0.1) is 0 Å². The number of aryl methyl sites for hydroxylation is 3. The second kappa shape index (κ2) is 6.81. The monoisotopic (exact) mass is 407 g/mol. The normalized spacial score (nSPS) is 12.2. The van der Waals surface area contributed by atoms with Crippen molar-refractivity contribution in [2.45, 2.75) is 40.0 Å². The highest BCUT2D eigenvalue weighted by Gasteiger charge is 2.27. The van der Waals surface area contributed by atoms with Crippen LogP contribution in [0.1, 0.15) is 37.5 Å². The minimum absolute atomic E-state index is 0.0226. The molecule has 4 nitrogen and oxygen atoms in total. The molecule has 2 heterocycles. The molecule has 0 aliphatic heterocycles. The Hall–Kier alpha value is -3.40. The Bertz CT molecular complexity index is 1490. The SMILES string of the molecule is Cc1c(-c2c(C)c3nc4ccccc4nc3n[n+]2C)cc(C(C)(C)C)c2ccccc12. The molecule has 0 fully saturated rings. The van der Waals surface area contributed by atoms with E-state index in [1.54, 1.807) is 0 Å². The average molecular weight is 408 g/mol.